The highest BCUT2D eigenvalue weighted by Gasteiger charge is 2.44. The van der Waals surface area contributed by atoms with Gasteiger partial charge in [0.25, 0.3) is 0 Å². The number of benzene rings is 3. The molecule has 3 unspecified atom stereocenters. The fraction of sp³-hybridized carbons (Fsp3) is 0.261. The van der Waals surface area contributed by atoms with Gasteiger partial charge in [0.1, 0.15) is 0 Å². The van der Waals surface area contributed by atoms with E-state index in [1.54, 1.807) is 0 Å². The van der Waals surface area contributed by atoms with Crippen LogP contribution >= 0.6 is 0 Å². The van der Waals surface area contributed by atoms with E-state index in [4.69, 9.17) is 0 Å². The molecule has 1 aliphatic carbocycles. The van der Waals surface area contributed by atoms with Crippen LogP contribution in [0.15, 0.2) is 66.7 Å². The second kappa shape index (κ2) is 7.52. The number of hydrogen-bond acceptors (Lipinski definition) is 2. The van der Waals surface area contributed by atoms with Gasteiger partial charge in [-0.2, -0.15) is 13.2 Å². The molecule has 4 rings (SSSR count). The van der Waals surface area contributed by atoms with Gasteiger partial charge in [0.15, 0.2) is 0 Å². The lowest BCUT2D eigenvalue weighted by atomic mass is 10.0. The van der Waals surface area contributed by atoms with Crippen molar-refractivity contribution in [3.05, 3.63) is 83.4 Å². The molecule has 0 spiro atoms. The number of rotatable bonds is 5. The molecule has 0 radical (unpaired) electrons. The molecule has 3 aromatic carbocycles. The standard InChI is InChI=1S/C23H20F3NO2/c24-23(25,26)18-9-7-15(8-10-18)19-12-20(19)22(29)27-13-21(28)17-6-5-14-3-1-2-4-16(14)11-17/h1-11,19-21,28H,12-13H2,(H,27,29). The molecule has 6 heteroatoms. The summed E-state index contributed by atoms with van der Waals surface area (Å²) in [6.45, 7) is 0.0907. The maximum Gasteiger partial charge on any atom is 0.416 e. The second-order valence-corrected chi connectivity index (χ2v) is 7.44. The van der Waals surface area contributed by atoms with Gasteiger partial charge in [-0.1, -0.05) is 48.5 Å². The largest absolute Gasteiger partial charge is 0.416 e. The minimum absolute atomic E-state index is 0.0740. The van der Waals surface area contributed by atoms with Gasteiger partial charge in [-0.15, -0.1) is 0 Å². The van der Waals surface area contributed by atoms with Crippen molar-refractivity contribution in [1.29, 1.82) is 0 Å². The molecule has 2 N–H and O–H groups in total. The molecule has 0 saturated heterocycles. The van der Waals surface area contributed by atoms with Crippen LogP contribution in [0.25, 0.3) is 10.8 Å². The fourth-order valence-corrected chi connectivity index (χ4v) is 3.63. The van der Waals surface area contributed by atoms with E-state index < -0.39 is 17.8 Å². The van der Waals surface area contributed by atoms with E-state index in [1.807, 2.05) is 42.5 Å². The summed E-state index contributed by atoms with van der Waals surface area (Å²) in [5.41, 5.74) is 0.758. The maximum absolute atomic E-state index is 12.7. The Morgan fingerprint density at radius 1 is 1.03 bits per heavy atom. The predicted molar refractivity (Wildman–Crippen MR) is 104 cm³/mol. The molecule has 1 aliphatic rings. The molecule has 0 heterocycles. The van der Waals surface area contributed by atoms with E-state index in [1.165, 1.54) is 12.1 Å². The molecule has 0 aliphatic heterocycles. The number of hydrogen-bond donors (Lipinski definition) is 2. The van der Waals surface area contributed by atoms with Crippen molar-refractivity contribution in [2.45, 2.75) is 24.6 Å². The van der Waals surface area contributed by atoms with Crippen LogP contribution in [0.4, 0.5) is 13.2 Å². The van der Waals surface area contributed by atoms with Gasteiger partial charge in [-0.05, 0) is 52.4 Å². The van der Waals surface area contributed by atoms with Crippen LogP contribution in [0.1, 0.15) is 35.1 Å². The molecule has 1 fully saturated rings. The molecule has 3 nitrogen and oxygen atoms in total. The average Bonchev–Trinajstić information content (AvgIpc) is 3.52. The van der Waals surface area contributed by atoms with Gasteiger partial charge < -0.3 is 10.4 Å². The van der Waals surface area contributed by atoms with Crippen LogP contribution in [0.2, 0.25) is 0 Å². The summed E-state index contributed by atoms with van der Waals surface area (Å²) in [7, 11) is 0. The van der Waals surface area contributed by atoms with Crippen LogP contribution in [0.3, 0.4) is 0 Å². The lowest BCUT2D eigenvalue weighted by molar-refractivity contribution is -0.137. The van der Waals surface area contributed by atoms with E-state index in [2.05, 4.69) is 5.32 Å². The molecular weight excluding hydrogens is 379 g/mol. The summed E-state index contributed by atoms with van der Waals surface area (Å²) in [6.07, 6.45) is -4.59. The van der Waals surface area contributed by atoms with Crippen LogP contribution < -0.4 is 5.32 Å². The van der Waals surface area contributed by atoms with Crippen molar-refractivity contribution in [3.63, 3.8) is 0 Å². The van der Waals surface area contributed by atoms with Gasteiger partial charge in [0.2, 0.25) is 5.91 Å². The van der Waals surface area contributed by atoms with Crippen LogP contribution in [-0.4, -0.2) is 17.6 Å². The van der Waals surface area contributed by atoms with Crippen LogP contribution in [-0.2, 0) is 11.0 Å². The zero-order valence-electron chi connectivity index (χ0n) is 15.5. The number of aliphatic hydroxyl groups is 1. The molecule has 1 amide bonds. The fourth-order valence-electron chi connectivity index (χ4n) is 3.63. The zero-order chi connectivity index (χ0) is 20.6. The first kappa shape index (κ1) is 19.5. The third-order valence-corrected chi connectivity index (χ3v) is 5.42. The van der Waals surface area contributed by atoms with Gasteiger partial charge >= 0.3 is 6.18 Å². The first-order chi connectivity index (χ1) is 13.8. The number of fused-ring (bicyclic) bond motifs is 1. The zero-order valence-corrected chi connectivity index (χ0v) is 15.5. The third kappa shape index (κ3) is 4.27. The van der Waals surface area contributed by atoms with Gasteiger partial charge in [0.05, 0.1) is 11.7 Å². The lowest BCUT2D eigenvalue weighted by Crippen LogP contribution is -2.30. The van der Waals surface area contributed by atoms with E-state index >= 15 is 0 Å². The number of amides is 1. The minimum atomic E-state index is -4.36. The van der Waals surface area contributed by atoms with Crippen molar-refractivity contribution in [2.75, 3.05) is 6.54 Å². The summed E-state index contributed by atoms with van der Waals surface area (Å²) in [4.78, 5) is 12.4. The number of carbonyl (C=O) groups is 1. The van der Waals surface area contributed by atoms with Crippen LogP contribution in [0.5, 0.6) is 0 Å². The topological polar surface area (TPSA) is 49.3 Å². The van der Waals surface area contributed by atoms with Crippen molar-refractivity contribution >= 4 is 16.7 Å². The molecule has 150 valence electrons. The molecule has 29 heavy (non-hydrogen) atoms. The lowest BCUT2D eigenvalue weighted by Gasteiger charge is -2.13. The average molecular weight is 399 g/mol. The molecule has 3 aromatic rings. The Morgan fingerprint density at radius 2 is 1.72 bits per heavy atom. The Bertz CT molecular complexity index is 1030. The summed E-state index contributed by atoms with van der Waals surface area (Å²) in [5.74, 6) is -0.527. The molecule has 3 atom stereocenters. The first-order valence-electron chi connectivity index (χ1n) is 9.44. The van der Waals surface area contributed by atoms with Crippen molar-refractivity contribution in [2.24, 2.45) is 5.92 Å². The highest BCUT2D eigenvalue weighted by Crippen LogP contribution is 2.48. The van der Waals surface area contributed by atoms with Crippen LogP contribution in [0, 0.1) is 5.92 Å². The van der Waals surface area contributed by atoms with Gasteiger partial charge in [-0.25, -0.2) is 0 Å². The Balaban J connectivity index is 1.33. The van der Waals surface area contributed by atoms with Gasteiger partial charge in [0, 0.05) is 12.5 Å². The summed E-state index contributed by atoms with van der Waals surface area (Å²) >= 11 is 0. The summed E-state index contributed by atoms with van der Waals surface area (Å²) in [5, 5.41) is 15.2. The molecule has 1 saturated carbocycles. The smallest absolute Gasteiger partial charge is 0.387 e. The quantitative estimate of drug-likeness (QED) is 0.647. The first-order valence-corrected chi connectivity index (χ1v) is 9.44. The summed E-state index contributed by atoms with van der Waals surface area (Å²) in [6, 6.07) is 18.4. The second-order valence-electron chi connectivity index (χ2n) is 7.44. The van der Waals surface area contributed by atoms with Crippen molar-refractivity contribution in [1.82, 2.24) is 5.32 Å². The van der Waals surface area contributed by atoms with E-state index in [9.17, 15) is 23.1 Å². The maximum atomic E-state index is 12.7. The molecule has 0 aromatic heterocycles. The highest BCUT2D eigenvalue weighted by molar-refractivity contribution is 5.84. The van der Waals surface area contributed by atoms with Crippen molar-refractivity contribution in [3.8, 4) is 0 Å². The highest BCUT2D eigenvalue weighted by atomic mass is 19.4. The predicted octanol–water partition coefficient (Wildman–Crippen LogP) is 4.81. The van der Waals surface area contributed by atoms with E-state index in [0.717, 1.165) is 34.0 Å². The van der Waals surface area contributed by atoms with E-state index in [-0.39, 0.29) is 24.3 Å². The molecule has 0 bridgehead atoms. The minimum Gasteiger partial charge on any atom is -0.387 e. The monoisotopic (exact) mass is 399 g/mol. The Labute approximate surface area is 166 Å². The number of alkyl halides is 3. The Hall–Kier alpha value is -2.86. The molecular formula is C23H20F3NO2. The van der Waals surface area contributed by atoms with Crippen molar-refractivity contribution < 1.29 is 23.1 Å². The Kier molecular flexibility index (Phi) is 5.04. The summed E-state index contributed by atoms with van der Waals surface area (Å²) < 4.78 is 38.0. The van der Waals surface area contributed by atoms with E-state index in [0.29, 0.717) is 6.42 Å². The Morgan fingerprint density at radius 3 is 2.41 bits per heavy atom. The third-order valence-electron chi connectivity index (χ3n) is 5.42. The number of nitrogens with one attached hydrogen (secondary N) is 1. The number of carbonyl (C=O) groups excluding carboxylic acids is 1. The SMILES string of the molecule is O=C(NCC(O)c1ccc2ccccc2c1)C1CC1c1ccc(C(F)(F)F)cc1. The normalized spacial score (nSPS) is 19.7. The number of halogens is 3. The van der Waals surface area contributed by atoms with Gasteiger partial charge in [-0.3, -0.25) is 4.79 Å². The number of aliphatic hydroxyl groups excluding tert-OH is 1.